The lowest BCUT2D eigenvalue weighted by Gasteiger charge is -2.08. The van der Waals surface area contributed by atoms with Gasteiger partial charge in [-0.2, -0.15) is 5.10 Å². The average molecular weight is 396 g/mol. The molecule has 0 saturated heterocycles. The smallest absolute Gasteiger partial charge is 0.168 e. The topological polar surface area (TPSA) is 50.2 Å². The van der Waals surface area contributed by atoms with Crippen LogP contribution in [-0.2, 0) is 0 Å². The van der Waals surface area contributed by atoms with E-state index in [-0.39, 0.29) is 5.82 Å². The lowest BCUT2D eigenvalue weighted by molar-refractivity contribution is 0.628. The van der Waals surface area contributed by atoms with Gasteiger partial charge in [0.1, 0.15) is 5.82 Å². The molecule has 0 bridgehead atoms. The number of nitrogens with one attached hydrogen (secondary N) is 1. The number of halogens is 1. The summed E-state index contributed by atoms with van der Waals surface area (Å²) in [5.74, 6) is 0.293. The van der Waals surface area contributed by atoms with Crippen molar-refractivity contribution in [1.29, 1.82) is 0 Å². The van der Waals surface area contributed by atoms with Crippen LogP contribution in [0.25, 0.3) is 17.1 Å². The number of hydrazone groups is 1. The van der Waals surface area contributed by atoms with Crippen LogP contribution < -0.4 is 5.43 Å². The highest BCUT2D eigenvalue weighted by molar-refractivity contribution is 6.11. The minimum absolute atomic E-state index is 0.287. The SMILES string of the molecule is Cc1ccc(/C=C/C(=N\Nc2nc3ccccc3nc2C)c2ccc(F)cc2)cc1. The molecule has 0 aliphatic heterocycles. The van der Waals surface area contributed by atoms with Gasteiger partial charge in [0.25, 0.3) is 0 Å². The molecule has 0 amide bonds. The summed E-state index contributed by atoms with van der Waals surface area (Å²) in [6.45, 7) is 3.94. The van der Waals surface area contributed by atoms with E-state index in [0.29, 0.717) is 11.5 Å². The number of fused-ring (bicyclic) bond motifs is 1. The molecule has 3 aromatic carbocycles. The van der Waals surface area contributed by atoms with E-state index in [2.05, 4.69) is 39.6 Å². The second-order valence-corrected chi connectivity index (χ2v) is 7.01. The van der Waals surface area contributed by atoms with Crippen molar-refractivity contribution < 1.29 is 4.39 Å². The van der Waals surface area contributed by atoms with Crippen LogP contribution in [0, 0.1) is 19.7 Å². The van der Waals surface area contributed by atoms with Crippen molar-refractivity contribution in [2.24, 2.45) is 5.10 Å². The van der Waals surface area contributed by atoms with E-state index in [1.165, 1.54) is 17.7 Å². The number of anilines is 1. The van der Waals surface area contributed by atoms with E-state index >= 15 is 0 Å². The first-order chi connectivity index (χ1) is 14.6. The Hall–Kier alpha value is -3.86. The molecule has 0 radical (unpaired) electrons. The normalized spacial score (nSPS) is 11.9. The Kier molecular flexibility index (Phi) is 5.61. The van der Waals surface area contributed by atoms with Crippen LogP contribution in [0.4, 0.5) is 10.2 Å². The van der Waals surface area contributed by atoms with Crippen molar-refractivity contribution in [1.82, 2.24) is 9.97 Å². The van der Waals surface area contributed by atoms with Crippen LogP contribution in [0.5, 0.6) is 0 Å². The molecule has 1 N–H and O–H groups in total. The summed E-state index contributed by atoms with van der Waals surface area (Å²) in [6.07, 6.45) is 3.87. The van der Waals surface area contributed by atoms with Gasteiger partial charge in [-0.05, 0) is 61.9 Å². The van der Waals surface area contributed by atoms with Gasteiger partial charge in [0.15, 0.2) is 5.82 Å². The molecule has 0 atom stereocenters. The fourth-order valence-electron chi connectivity index (χ4n) is 2.98. The number of hydrogen-bond acceptors (Lipinski definition) is 4. The van der Waals surface area contributed by atoms with E-state index in [1.807, 2.05) is 55.5 Å². The highest BCUT2D eigenvalue weighted by atomic mass is 19.1. The average Bonchev–Trinajstić information content (AvgIpc) is 2.76. The zero-order valence-electron chi connectivity index (χ0n) is 16.8. The first-order valence-corrected chi connectivity index (χ1v) is 9.66. The van der Waals surface area contributed by atoms with Gasteiger partial charge < -0.3 is 0 Å². The van der Waals surface area contributed by atoms with Crippen molar-refractivity contribution in [3.63, 3.8) is 0 Å². The van der Waals surface area contributed by atoms with Crippen LogP contribution in [-0.4, -0.2) is 15.7 Å². The highest BCUT2D eigenvalue weighted by Crippen LogP contribution is 2.17. The van der Waals surface area contributed by atoms with Gasteiger partial charge in [0.2, 0.25) is 0 Å². The third-order valence-electron chi connectivity index (χ3n) is 4.68. The molecule has 0 spiro atoms. The van der Waals surface area contributed by atoms with Crippen molar-refractivity contribution in [2.45, 2.75) is 13.8 Å². The van der Waals surface area contributed by atoms with Gasteiger partial charge in [-0.1, -0.05) is 48.0 Å². The second kappa shape index (κ2) is 8.66. The predicted octanol–water partition coefficient (Wildman–Crippen LogP) is 5.92. The highest BCUT2D eigenvalue weighted by Gasteiger charge is 2.06. The number of para-hydroxylation sites is 2. The van der Waals surface area contributed by atoms with E-state index in [4.69, 9.17) is 0 Å². The second-order valence-electron chi connectivity index (χ2n) is 7.01. The summed E-state index contributed by atoms with van der Waals surface area (Å²) in [7, 11) is 0. The van der Waals surface area contributed by atoms with Crippen LogP contribution in [0.3, 0.4) is 0 Å². The fraction of sp³-hybridized carbons (Fsp3) is 0.0800. The number of benzene rings is 3. The molecular weight excluding hydrogens is 375 g/mol. The van der Waals surface area contributed by atoms with Crippen LogP contribution in [0.1, 0.15) is 22.4 Å². The third-order valence-corrected chi connectivity index (χ3v) is 4.68. The van der Waals surface area contributed by atoms with Gasteiger partial charge in [-0.3, -0.25) is 5.43 Å². The maximum Gasteiger partial charge on any atom is 0.168 e. The Morgan fingerprint density at radius 2 is 1.53 bits per heavy atom. The molecule has 1 aromatic heterocycles. The van der Waals surface area contributed by atoms with Gasteiger partial charge >= 0.3 is 0 Å². The van der Waals surface area contributed by atoms with Crippen molar-refractivity contribution >= 4 is 28.6 Å². The number of aryl methyl sites for hydroxylation is 2. The Balaban J connectivity index is 1.68. The molecule has 148 valence electrons. The van der Waals surface area contributed by atoms with Gasteiger partial charge in [0.05, 0.1) is 22.4 Å². The van der Waals surface area contributed by atoms with E-state index < -0.39 is 0 Å². The standard InChI is InChI=1S/C25H21FN4/c1-17-7-9-19(10-8-17)11-16-22(20-12-14-21(26)15-13-20)29-30-25-18(2)27-23-5-3-4-6-24(23)28-25/h3-16H,1-2H3,(H,28,30)/b16-11+,29-22+. The lowest BCUT2D eigenvalue weighted by Crippen LogP contribution is -2.04. The number of allylic oxidation sites excluding steroid dienone is 1. The molecule has 1 heterocycles. The zero-order valence-corrected chi connectivity index (χ0v) is 16.8. The minimum Gasteiger partial charge on any atom is -0.259 e. The summed E-state index contributed by atoms with van der Waals surface area (Å²) in [5.41, 5.74) is 9.11. The van der Waals surface area contributed by atoms with E-state index in [0.717, 1.165) is 27.9 Å². The number of rotatable bonds is 5. The van der Waals surface area contributed by atoms with Crippen molar-refractivity contribution in [3.05, 3.63) is 107 Å². The summed E-state index contributed by atoms with van der Waals surface area (Å²) >= 11 is 0. The Labute approximate surface area is 174 Å². The Bertz CT molecular complexity index is 1230. The molecule has 30 heavy (non-hydrogen) atoms. The van der Waals surface area contributed by atoms with Gasteiger partial charge in [-0.25, -0.2) is 14.4 Å². The molecule has 0 unspecified atom stereocenters. The summed E-state index contributed by atoms with van der Waals surface area (Å²) < 4.78 is 13.4. The van der Waals surface area contributed by atoms with Gasteiger partial charge in [0, 0.05) is 5.56 Å². The number of hydrogen-bond donors (Lipinski definition) is 1. The third kappa shape index (κ3) is 4.58. The molecule has 0 aliphatic carbocycles. The molecule has 0 aliphatic rings. The number of nitrogens with zero attached hydrogens (tertiary/aromatic N) is 3. The summed E-state index contributed by atoms with van der Waals surface area (Å²) in [5, 5.41) is 4.55. The first-order valence-electron chi connectivity index (χ1n) is 9.66. The summed E-state index contributed by atoms with van der Waals surface area (Å²) in [4.78, 5) is 9.20. The molecule has 0 saturated carbocycles. The molecule has 0 fully saturated rings. The summed E-state index contributed by atoms with van der Waals surface area (Å²) in [6, 6.07) is 22.1. The van der Waals surface area contributed by atoms with Crippen molar-refractivity contribution in [2.75, 3.05) is 5.43 Å². The lowest BCUT2D eigenvalue weighted by atomic mass is 10.1. The maximum atomic E-state index is 13.4. The fourth-order valence-corrected chi connectivity index (χ4v) is 2.98. The molecular formula is C25H21FN4. The molecule has 4 rings (SSSR count). The minimum atomic E-state index is -0.287. The Morgan fingerprint density at radius 3 is 2.23 bits per heavy atom. The molecule has 4 aromatic rings. The monoisotopic (exact) mass is 396 g/mol. The van der Waals surface area contributed by atoms with E-state index in [1.54, 1.807) is 12.1 Å². The quantitative estimate of drug-likeness (QED) is 0.337. The van der Waals surface area contributed by atoms with Crippen LogP contribution in [0.15, 0.2) is 84.0 Å². The van der Waals surface area contributed by atoms with Crippen LogP contribution in [0.2, 0.25) is 0 Å². The maximum absolute atomic E-state index is 13.4. The van der Waals surface area contributed by atoms with E-state index in [9.17, 15) is 4.39 Å². The molecule has 5 heteroatoms. The van der Waals surface area contributed by atoms with Gasteiger partial charge in [-0.15, -0.1) is 0 Å². The zero-order chi connectivity index (χ0) is 20.9. The Morgan fingerprint density at radius 1 is 0.867 bits per heavy atom. The molecule has 4 nitrogen and oxygen atoms in total. The first kappa shape index (κ1) is 19.5. The van der Waals surface area contributed by atoms with Crippen molar-refractivity contribution in [3.8, 4) is 0 Å². The number of aromatic nitrogens is 2. The predicted molar refractivity (Wildman–Crippen MR) is 121 cm³/mol. The largest absolute Gasteiger partial charge is 0.259 e. The van der Waals surface area contributed by atoms with Crippen LogP contribution >= 0.6 is 0 Å².